The second kappa shape index (κ2) is 9.23. The third-order valence-corrected chi connectivity index (χ3v) is 5.95. The molecule has 0 atom stereocenters. The molecule has 1 fully saturated rings. The zero-order chi connectivity index (χ0) is 20.9. The Balaban J connectivity index is 1.33. The Labute approximate surface area is 178 Å². The summed E-state index contributed by atoms with van der Waals surface area (Å²) < 4.78 is 1.67. The molecule has 2 amide bonds. The monoisotopic (exact) mass is 424 g/mol. The lowest BCUT2D eigenvalue weighted by atomic mass is 10.1. The molecule has 1 aliphatic rings. The Morgan fingerprint density at radius 2 is 1.90 bits per heavy atom. The minimum Gasteiger partial charge on any atom is -0.393 e. The van der Waals surface area contributed by atoms with Crippen LogP contribution in [0.15, 0.2) is 53.5 Å². The number of carbonyl (C=O) groups excluding carboxylic acids is 2. The van der Waals surface area contributed by atoms with Crippen molar-refractivity contribution in [1.29, 1.82) is 0 Å². The summed E-state index contributed by atoms with van der Waals surface area (Å²) in [4.78, 5) is 26.4. The van der Waals surface area contributed by atoms with Crippen LogP contribution < -0.4 is 5.32 Å². The molecule has 7 nitrogen and oxygen atoms in total. The molecule has 30 heavy (non-hydrogen) atoms. The SMILES string of the molecule is O=C(Cc1ccsc1)NCc1ccc(-n2cc(C(=O)N3CCC(O)CC3)cn2)cc1. The predicted molar refractivity (Wildman–Crippen MR) is 115 cm³/mol. The van der Waals surface area contributed by atoms with Crippen molar-refractivity contribution in [2.45, 2.75) is 31.9 Å². The third-order valence-electron chi connectivity index (χ3n) is 5.22. The number of nitrogens with zero attached hydrogens (tertiary/aromatic N) is 3. The number of thiophene rings is 1. The van der Waals surface area contributed by atoms with Crippen LogP contribution in [0.1, 0.15) is 34.3 Å². The van der Waals surface area contributed by atoms with E-state index in [1.54, 1.807) is 33.3 Å². The molecule has 0 aliphatic carbocycles. The molecule has 3 aromatic rings. The molecule has 0 radical (unpaired) electrons. The highest BCUT2D eigenvalue weighted by Gasteiger charge is 2.23. The number of hydrogen-bond acceptors (Lipinski definition) is 5. The van der Waals surface area contributed by atoms with E-state index in [9.17, 15) is 14.7 Å². The number of benzene rings is 1. The lowest BCUT2D eigenvalue weighted by Gasteiger charge is -2.29. The summed E-state index contributed by atoms with van der Waals surface area (Å²) in [7, 11) is 0. The molecular formula is C22H24N4O3S. The maximum absolute atomic E-state index is 12.6. The molecule has 156 valence electrons. The first kappa shape index (κ1) is 20.3. The van der Waals surface area contributed by atoms with Gasteiger partial charge in [0.25, 0.3) is 5.91 Å². The average Bonchev–Trinajstić information content (AvgIpc) is 3.45. The largest absolute Gasteiger partial charge is 0.393 e. The maximum Gasteiger partial charge on any atom is 0.257 e. The van der Waals surface area contributed by atoms with Crippen LogP contribution in [-0.2, 0) is 17.8 Å². The molecule has 1 aliphatic heterocycles. The lowest BCUT2D eigenvalue weighted by Crippen LogP contribution is -2.39. The van der Waals surface area contributed by atoms with Crippen molar-refractivity contribution in [3.05, 3.63) is 70.2 Å². The minimum absolute atomic E-state index is 0.00191. The van der Waals surface area contributed by atoms with Crippen molar-refractivity contribution >= 4 is 23.2 Å². The molecule has 3 heterocycles. The summed E-state index contributed by atoms with van der Waals surface area (Å²) in [5.74, 6) is -0.0592. The van der Waals surface area contributed by atoms with E-state index in [0.29, 0.717) is 44.5 Å². The quantitative estimate of drug-likeness (QED) is 0.636. The van der Waals surface area contributed by atoms with Gasteiger partial charge in [-0.3, -0.25) is 9.59 Å². The molecule has 1 saturated heterocycles. The number of aliphatic hydroxyl groups is 1. The van der Waals surface area contributed by atoms with E-state index in [1.807, 2.05) is 41.1 Å². The van der Waals surface area contributed by atoms with Gasteiger partial charge >= 0.3 is 0 Å². The maximum atomic E-state index is 12.6. The summed E-state index contributed by atoms with van der Waals surface area (Å²) in [6, 6.07) is 9.67. The van der Waals surface area contributed by atoms with Gasteiger partial charge in [-0.25, -0.2) is 4.68 Å². The first-order valence-electron chi connectivity index (χ1n) is 9.97. The highest BCUT2D eigenvalue weighted by molar-refractivity contribution is 7.08. The van der Waals surface area contributed by atoms with Gasteiger partial charge in [-0.15, -0.1) is 0 Å². The van der Waals surface area contributed by atoms with Crippen molar-refractivity contribution < 1.29 is 14.7 Å². The van der Waals surface area contributed by atoms with E-state index in [1.165, 1.54) is 0 Å². The highest BCUT2D eigenvalue weighted by atomic mass is 32.1. The van der Waals surface area contributed by atoms with Gasteiger partial charge < -0.3 is 15.3 Å². The minimum atomic E-state index is -0.310. The fourth-order valence-corrected chi connectivity index (χ4v) is 4.10. The third kappa shape index (κ3) is 4.95. The summed E-state index contributed by atoms with van der Waals surface area (Å²) in [6.07, 6.45) is 4.62. The van der Waals surface area contributed by atoms with Crippen molar-refractivity contribution in [3.8, 4) is 5.69 Å². The molecule has 8 heteroatoms. The van der Waals surface area contributed by atoms with E-state index < -0.39 is 0 Å². The molecule has 0 bridgehead atoms. The van der Waals surface area contributed by atoms with Crippen molar-refractivity contribution in [2.75, 3.05) is 13.1 Å². The van der Waals surface area contributed by atoms with E-state index in [0.717, 1.165) is 16.8 Å². The molecule has 1 aromatic carbocycles. The second-order valence-corrected chi connectivity index (χ2v) is 8.23. The first-order chi connectivity index (χ1) is 14.6. The average molecular weight is 425 g/mol. The Hall–Kier alpha value is -2.97. The van der Waals surface area contributed by atoms with Gasteiger partial charge in [0, 0.05) is 25.8 Å². The molecular weight excluding hydrogens is 400 g/mol. The zero-order valence-electron chi connectivity index (χ0n) is 16.5. The lowest BCUT2D eigenvalue weighted by molar-refractivity contribution is -0.120. The summed E-state index contributed by atoms with van der Waals surface area (Å²) in [5.41, 5.74) is 3.40. The number of rotatable bonds is 6. The standard InChI is InChI=1S/C22H24N4O3S/c27-20-5-8-25(9-6-20)22(29)18-13-24-26(14-18)19-3-1-16(2-4-19)12-23-21(28)11-17-7-10-30-15-17/h1-4,7,10,13-15,20,27H,5-6,8-9,11-12H2,(H,23,28). The first-order valence-corrected chi connectivity index (χ1v) is 10.9. The van der Waals surface area contributed by atoms with Crippen LogP contribution in [-0.4, -0.2) is 50.8 Å². The highest BCUT2D eigenvalue weighted by Crippen LogP contribution is 2.15. The van der Waals surface area contributed by atoms with Gasteiger partial charge in [0.05, 0.1) is 30.0 Å². The molecule has 2 aromatic heterocycles. The number of nitrogens with one attached hydrogen (secondary N) is 1. The topological polar surface area (TPSA) is 87.5 Å². The van der Waals surface area contributed by atoms with Gasteiger partial charge in [0.1, 0.15) is 0 Å². The summed E-state index contributed by atoms with van der Waals surface area (Å²) in [5, 5.41) is 20.8. The van der Waals surface area contributed by atoms with Crippen molar-refractivity contribution in [1.82, 2.24) is 20.0 Å². The molecule has 0 saturated carbocycles. The van der Waals surface area contributed by atoms with Gasteiger partial charge in [0.2, 0.25) is 5.91 Å². The van der Waals surface area contributed by atoms with Gasteiger partial charge in [0.15, 0.2) is 0 Å². The summed E-state index contributed by atoms with van der Waals surface area (Å²) in [6.45, 7) is 1.60. The number of aromatic nitrogens is 2. The van der Waals surface area contributed by atoms with Crippen molar-refractivity contribution in [3.63, 3.8) is 0 Å². The Morgan fingerprint density at radius 1 is 1.13 bits per heavy atom. The van der Waals surface area contributed by atoms with Gasteiger partial charge in [-0.05, 0) is 52.9 Å². The Kier molecular flexibility index (Phi) is 6.25. The van der Waals surface area contributed by atoms with E-state index in [-0.39, 0.29) is 17.9 Å². The molecule has 2 N–H and O–H groups in total. The number of carbonyl (C=O) groups is 2. The van der Waals surface area contributed by atoms with Crippen LogP contribution in [0.25, 0.3) is 5.69 Å². The Bertz CT molecular complexity index is 990. The van der Waals surface area contributed by atoms with Crippen LogP contribution >= 0.6 is 11.3 Å². The summed E-state index contributed by atoms with van der Waals surface area (Å²) >= 11 is 1.58. The second-order valence-electron chi connectivity index (χ2n) is 7.45. The van der Waals surface area contributed by atoms with Crippen molar-refractivity contribution in [2.24, 2.45) is 0 Å². The van der Waals surface area contributed by atoms with Crippen LogP contribution in [0.2, 0.25) is 0 Å². The number of hydrogen-bond donors (Lipinski definition) is 2. The molecule has 0 unspecified atom stereocenters. The van der Waals surface area contributed by atoms with E-state index >= 15 is 0 Å². The number of piperidine rings is 1. The molecule has 0 spiro atoms. The number of likely N-dealkylation sites (tertiary alicyclic amines) is 1. The Morgan fingerprint density at radius 3 is 2.60 bits per heavy atom. The van der Waals surface area contributed by atoms with Gasteiger partial charge in [-0.1, -0.05) is 12.1 Å². The fraction of sp³-hybridized carbons (Fsp3) is 0.318. The smallest absolute Gasteiger partial charge is 0.257 e. The van der Waals surface area contributed by atoms with Gasteiger partial charge in [-0.2, -0.15) is 16.4 Å². The van der Waals surface area contributed by atoms with Crippen LogP contribution in [0, 0.1) is 0 Å². The van der Waals surface area contributed by atoms with Crippen LogP contribution in [0.5, 0.6) is 0 Å². The zero-order valence-corrected chi connectivity index (χ0v) is 17.3. The predicted octanol–water partition coefficient (Wildman–Crippen LogP) is 2.39. The van der Waals surface area contributed by atoms with Crippen LogP contribution in [0.4, 0.5) is 0 Å². The van der Waals surface area contributed by atoms with Crippen LogP contribution in [0.3, 0.4) is 0 Å². The fourth-order valence-electron chi connectivity index (χ4n) is 3.43. The number of aliphatic hydroxyl groups excluding tert-OH is 1. The van der Waals surface area contributed by atoms with E-state index in [4.69, 9.17) is 0 Å². The number of amides is 2. The van der Waals surface area contributed by atoms with E-state index in [2.05, 4.69) is 10.4 Å². The molecule has 4 rings (SSSR count). The normalized spacial score (nSPS) is 14.6.